The van der Waals surface area contributed by atoms with Crippen molar-refractivity contribution in [3.05, 3.63) is 0 Å². The summed E-state index contributed by atoms with van der Waals surface area (Å²) in [4.78, 5) is 10.8. The van der Waals surface area contributed by atoms with E-state index in [1.807, 2.05) is 0 Å². The van der Waals surface area contributed by atoms with Crippen molar-refractivity contribution >= 4 is 5.78 Å². The molecule has 0 aromatic rings. The molecule has 1 fully saturated rings. The standard InChI is InChI=1S/C6H11NO2/c1-2-5(8)6(9)3-4(6)7/h4,9H,2-3,7H2,1H3. The Kier molecular flexibility index (Phi) is 1.33. The minimum absolute atomic E-state index is 0.130. The summed E-state index contributed by atoms with van der Waals surface area (Å²) in [5.74, 6) is -0.130. The summed E-state index contributed by atoms with van der Waals surface area (Å²) < 4.78 is 0. The van der Waals surface area contributed by atoms with Gasteiger partial charge < -0.3 is 10.8 Å². The number of carbonyl (C=O) groups excluding carboxylic acids is 1. The van der Waals surface area contributed by atoms with Gasteiger partial charge in [-0.15, -0.1) is 0 Å². The molecule has 2 unspecified atom stereocenters. The van der Waals surface area contributed by atoms with Crippen LogP contribution in [0.3, 0.4) is 0 Å². The Hall–Kier alpha value is -0.410. The van der Waals surface area contributed by atoms with Crippen LogP contribution >= 0.6 is 0 Å². The van der Waals surface area contributed by atoms with E-state index in [2.05, 4.69) is 0 Å². The SMILES string of the molecule is CCC(=O)C1(O)CC1N. The van der Waals surface area contributed by atoms with Crippen LogP contribution in [0.2, 0.25) is 0 Å². The molecule has 3 N–H and O–H groups in total. The summed E-state index contributed by atoms with van der Waals surface area (Å²) >= 11 is 0. The zero-order chi connectivity index (χ0) is 7.07. The van der Waals surface area contributed by atoms with Crippen LogP contribution in [0.1, 0.15) is 19.8 Å². The quantitative estimate of drug-likeness (QED) is 0.524. The molecule has 0 aromatic heterocycles. The van der Waals surface area contributed by atoms with Crippen molar-refractivity contribution in [2.75, 3.05) is 0 Å². The lowest BCUT2D eigenvalue weighted by molar-refractivity contribution is -0.129. The molecule has 1 aliphatic rings. The minimum Gasteiger partial charge on any atom is -0.380 e. The van der Waals surface area contributed by atoms with Crippen molar-refractivity contribution in [1.29, 1.82) is 0 Å². The Morgan fingerprint density at radius 3 is 2.56 bits per heavy atom. The number of hydrogen-bond acceptors (Lipinski definition) is 3. The molecule has 1 rings (SSSR count). The zero-order valence-electron chi connectivity index (χ0n) is 5.42. The van der Waals surface area contributed by atoms with Crippen LogP contribution in [-0.4, -0.2) is 22.5 Å². The molecule has 1 aliphatic carbocycles. The first kappa shape index (κ1) is 6.71. The Morgan fingerprint density at radius 2 is 2.44 bits per heavy atom. The van der Waals surface area contributed by atoms with Crippen molar-refractivity contribution in [2.45, 2.75) is 31.4 Å². The summed E-state index contributed by atoms with van der Waals surface area (Å²) in [6, 6.07) is -0.301. The predicted octanol–water partition coefficient (Wildman–Crippen LogP) is -0.572. The molecule has 3 heteroatoms. The molecule has 0 radical (unpaired) electrons. The molecule has 0 aromatic carbocycles. The molecule has 0 amide bonds. The summed E-state index contributed by atoms with van der Waals surface area (Å²) in [6.07, 6.45) is 0.823. The predicted molar refractivity (Wildman–Crippen MR) is 32.8 cm³/mol. The maximum Gasteiger partial charge on any atom is 0.165 e. The lowest BCUT2D eigenvalue weighted by Crippen LogP contribution is -2.29. The van der Waals surface area contributed by atoms with E-state index < -0.39 is 5.60 Å². The van der Waals surface area contributed by atoms with Crippen LogP contribution < -0.4 is 5.73 Å². The van der Waals surface area contributed by atoms with Crippen molar-refractivity contribution in [1.82, 2.24) is 0 Å². The van der Waals surface area contributed by atoms with E-state index in [1.54, 1.807) is 6.92 Å². The van der Waals surface area contributed by atoms with Gasteiger partial charge in [-0.25, -0.2) is 0 Å². The number of carbonyl (C=O) groups is 1. The monoisotopic (exact) mass is 129 g/mol. The molecule has 1 saturated carbocycles. The van der Waals surface area contributed by atoms with E-state index in [0.29, 0.717) is 12.8 Å². The number of ketones is 1. The molecule has 52 valence electrons. The van der Waals surface area contributed by atoms with Crippen LogP contribution in [0.4, 0.5) is 0 Å². The molecule has 0 spiro atoms. The first-order valence-electron chi connectivity index (χ1n) is 3.12. The van der Waals surface area contributed by atoms with E-state index in [0.717, 1.165) is 0 Å². The van der Waals surface area contributed by atoms with Crippen molar-refractivity contribution in [3.8, 4) is 0 Å². The molecule has 0 saturated heterocycles. The lowest BCUT2D eigenvalue weighted by atomic mass is 10.1. The topological polar surface area (TPSA) is 63.3 Å². The molecular formula is C6H11NO2. The van der Waals surface area contributed by atoms with Gasteiger partial charge in [-0.05, 0) is 0 Å². The number of rotatable bonds is 2. The van der Waals surface area contributed by atoms with Gasteiger partial charge in [0.2, 0.25) is 0 Å². The smallest absolute Gasteiger partial charge is 0.165 e. The second-order valence-corrected chi connectivity index (χ2v) is 2.51. The van der Waals surface area contributed by atoms with Gasteiger partial charge in [-0.3, -0.25) is 4.79 Å². The summed E-state index contributed by atoms with van der Waals surface area (Å²) in [5, 5.41) is 9.19. The number of Topliss-reactive ketones (excluding diaryl/α,β-unsaturated/α-hetero) is 1. The highest BCUT2D eigenvalue weighted by Gasteiger charge is 2.55. The normalized spacial score (nSPS) is 40.6. The molecule has 0 heterocycles. The van der Waals surface area contributed by atoms with Crippen LogP contribution in [0.5, 0.6) is 0 Å². The van der Waals surface area contributed by atoms with Crippen molar-refractivity contribution in [2.24, 2.45) is 5.73 Å². The van der Waals surface area contributed by atoms with E-state index in [4.69, 9.17) is 5.73 Å². The van der Waals surface area contributed by atoms with Gasteiger partial charge in [0.15, 0.2) is 5.78 Å². The average Bonchev–Trinajstić information content (AvgIpc) is 2.41. The van der Waals surface area contributed by atoms with Crippen LogP contribution in [0.25, 0.3) is 0 Å². The van der Waals surface area contributed by atoms with E-state index in [1.165, 1.54) is 0 Å². The molecular weight excluding hydrogens is 118 g/mol. The van der Waals surface area contributed by atoms with Gasteiger partial charge >= 0.3 is 0 Å². The van der Waals surface area contributed by atoms with Gasteiger partial charge in [0.1, 0.15) is 5.60 Å². The number of nitrogens with two attached hydrogens (primary N) is 1. The van der Waals surface area contributed by atoms with Crippen LogP contribution in [0, 0.1) is 0 Å². The highest BCUT2D eigenvalue weighted by molar-refractivity contribution is 5.91. The molecule has 0 aliphatic heterocycles. The van der Waals surface area contributed by atoms with Gasteiger partial charge in [0, 0.05) is 18.9 Å². The van der Waals surface area contributed by atoms with E-state index >= 15 is 0 Å². The Balaban J connectivity index is 2.53. The molecule has 9 heavy (non-hydrogen) atoms. The number of aliphatic hydroxyl groups is 1. The second kappa shape index (κ2) is 1.78. The molecule has 2 atom stereocenters. The fraction of sp³-hybridized carbons (Fsp3) is 0.833. The Morgan fingerprint density at radius 1 is 2.00 bits per heavy atom. The average molecular weight is 129 g/mol. The van der Waals surface area contributed by atoms with Gasteiger partial charge in [-0.1, -0.05) is 6.92 Å². The summed E-state index contributed by atoms with van der Waals surface area (Å²) in [6.45, 7) is 1.73. The number of hydrogen-bond donors (Lipinski definition) is 2. The summed E-state index contributed by atoms with van der Waals surface area (Å²) in [7, 11) is 0. The molecule has 3 nitrogen and oxygen atoms in total. The van der Waals surface area contributed by atoms with Crippen LogP contribution in [-0.2, 0) is 4.79 Å². The fourth-order valence-electron chi connectivity index (χ4n) is 0.903. The van der Waals surface area contributed by atoms with E-state index in [-0.39, 0.29) is 11.8 Å². The highest BCUT2D eigenvalue weighted by atomic mass is 16.3. The van der Waals surface area contributed by atoms with Gasteiger partial charge in [0.05, 0.1) is 0 Å². The van der Waals surface area contributed by atoms with Gasteiger partial charge in [-0.2, -0.15) is 0 Å². The Bertz CT molecular complexity index is 146. The minimum atomic E-state index is -1.14. The third-order valence-electron chi connectivity index (χ3n) is 1.79. The largest absolute Gasteiger partial charge is 0.380 e. The van der Waals surface area contributed by atoms with Crippen LogP contribution in [0.15, 0.2) is 0 Å². The van der Waals surface area contributed by atoms with E-state index in [9.17, 15) is 9.90 Å². The first-order valence-corrected chi connectivity index (χ1v) is 3.12. The fourth-order valence-corrected chi connectivity index (χ4v) is 0.903. The summed E-state index contributed by atoms with van der Waals surface area (Å²) in [5.41, 5.74) is 4.16. The zero-order valence-corrected chi connectivity index (χ0v) is 5.42. The van der Waals surface area contributed by atoms with Crippen molar-refractivity contribution < 1.29 is 9.90 Å². The molecule has 0 bridgehead atoms. The lowest BCUT2D eigenvalue weighted by Gasteiger charge is -2.02. The highest BCUT2D eigenvalue weighted by Crippen LogP contribution is 2.35. The third-order valence-corrected chi connectivity index (χ3v) is 1.79. The van der Waals surface area contributed by atoms with Gasteiger partial charge in [0.25, 0.3) is 0 Å². The Labute approximate surface area is 53.9 Å². The third kappa shape index (κ3) is 0.862. The first-order chi connectivity index (χ1) is 4.11. The van der Waals surface area contributed by atoms with Crippen molar-refractivity contribution in [3.63, 3.8) is 0 Å². The maximum absolute atomic E-state index is 10.8. The second-order valence-electron chi connectivity index (χ2n) is 2.51. The maximum atomic E-state index is 10.8.